The van der Waals surface area contributed by atoms with Crippen LogP contribution in [0, 0.1) is 5.82 Å². The third-order valence-electron chi connectivity index (χ3n) is 4.53. The number of benzene rings is 2. The quantitative estimate of drug-likeness (QED) is 0.727. The standard InChI is InChI=1S/C20H22FN5O/c1-15(18-7-9-19(21)10-8-18)25(2)20(27)23-11-16-3-5-17(6-4-16)12-26-14-22-13-24-26/h3-10,13-15H,11-12H2,1-2H3,(H,23,27). The van der Waals surface area contributed by atoms with Gasteiger partial charge in [-0.15, -0.1) is 0 Å². The van der Waals surface area contributed by atoms with Gasteiger partial charge in [0.05, 0.1) is 12.6 Å². The summed E-state index contributed by atoms with van der Waals surface area (Å²) >= 11 is 0. The average molecular weight is 367 g/mol. The smallest absolute Gasteiger partial charge is 0.317 e. The third kappa shape index (κ3) is 4.91. The Bertz CT molecular complexity index is 862. The van der Waals surface area contributed by atoms with Gasteiger partial charge < -0.3 is 10.2 Å². The number of rotatable bonds is 6. The topological polar surface area (TPSA) is 63.1 Å². The summed E-state index contributed by atoms with van der Waals surface area (Å²) in [5, 5.41) is 6.99. The molecule has 0 aliphatic heterocycles. The summed E-state index contributed by atoms with van der Waals surface area (Å²) in [6.45, 7) is 3.00. The molecular formula is C20H22FN5O. The van der Waals surface area contributed by atoms with Crippen molar-refractivity contribution in [2.24, 2.45) is 0 Å². The molecule has 1 N–H and O–H groups in total. The Labute approximate surface area is 157 Å². The highest BCUT2D eigenvalue weighted by Crippen LogP contribution is 2.19. The van der Waals surface area contributed by atoms with Crippen molar-refractivity contribution in [1.29, 1.82) is 0 Å². The number of carbonyl (C=O) groups excluding carboxylic acids is 1. The number of urea groups is 1. The largest absolute Gasteiger partial charge is 0.334 e. The molecular weight excluding hydrogens is 345 g/mol. The van der Waals surface area contributed by atoms with Crippen LogP contribution in [0.4, 0.5) is 9.18 Å². The molecule has 0 bridgehead atoms. The van der Waals surface area contributed by atoms with E-state index in [2.05, 4.69) is 15.4 Å². The second kappa shape index (κ2) is 8.44. The number of carbonyl (C=O) groups is 1. The second-order valence-corrected chi connectivity index (χ2v) is 6.41. The molecule has 1 aromatic heterocycles. The zero-order chi connectivity index (χ0) is 19.2. The summed E-state index contributed by atoms with van der Waals surface area (Å²) in [5.41, 5.74) is 3.00. The van der Waals surface area contributed by atoms with Crippen molar-refractivity contribution in [1.82, 2.24) is 25.0 Å². The number of nitrogens with zero attached hydrogens (tertiary/aromatic N) is 4. The van der Waals surface area contributed by atoms with Crippen LogP contribution in [0.3, 0.4) is 0 Å². The fourth-order valence-electron chi connectivity index (χ4n) is 2.71. The lowest BCUT2D eigenvalue weighted by molar-refractivity contribution is 0.194. The first kappa shape index (κ1) is 18.6. The number of aromatic nitrogens is 3. The van der Waals surface area contributed by atoms with Gasteiger partial charge in [-0.25, -0.2) is 18.9 Å². The van der Waals surface area contributed by atoms with E-state index < -0.39 is 0 Å². The highest BCUT2D eigenvalue weighted by Gasteiger charge is 2.17. The predicted octanol–water partition coefficient (Wildman–Crippen LogP) is 3.37. The maximum absolute atomic E-state index is 13.1. The van der Waals surface area contributed by atoms with Gasteiger partial charge >= 0.3 is 6.03 Å². The van der Waals surface area contributed by atoms with Crippen molar-refractivity contribution in [3.63, 3.8) is 0 Å². The lowest BCUT2D eigenvalue weighted by Crippen LogP contribution is -2.38. The molecule has 0 aliphatic carbocycles. The first-order chi connectivity index (χ1) is 13.0. The molecule has 0 saturated carbocycles. The van der Waals surface area contributed by atoms with Crippen molar-refractivity contribution < 1.29 is 9.18 Å². The van der Waals surface area contributed by atoms with Crippen LogP contribution in [0.15, 0.2) is 61.2 Å². The van der Waals surface area contributed by atoms with Crippen LogP contribution in [-0.4, -0.2) is 32.7 Å². The number of hydrogen-bond acceptors (Lipinski definition) is 3. The van der Waals surface area contributed by atoms with E-state index in [1.807, 2.05) is 31.2 Å². The molecule has 2 aromatic carbocycles. The van der Waals surface area contributed by atoms with Crippen LogP contribution in [0.1, 0.15) is 29.7 Å². The molecule has 0 saturated heterocycles. The zero-order valence-electron chi connectivity index (χ0n) is 15.3. The number of halogens is 1. The molecule has 7 heteroatoms. The minimum absolute atomic E-state index is 0.157. The summed E-state index contributed by atoms with van der Waals surface area (Å²) in [4.78, 5) is 17.9. The molecule has 3 rings (SSSR count). The normalized spacial score (nSPS) is 11.8. The molecule has 0 aliphatic rings. The van der Waals surface area contributed by atoms with Gasteiger partial charge in [0.15, 0.2) is 0 Å². The second-order valence-electron chi connectivity index (χ2n) is 6.41. The lowest BCUT2D eigenvalue weighted by atomic mass is 10.1. The lowest BCUT2D eigenvalue weighted by Gasteiger charge is -2.25. The van der Waals surface area contributed by atoms with E-state index in [4.69, 9.17) is 0 Å². The molecule has 27 heavy (non-hydrogen) atoms. The summed E-state index contributed by atoms with van der Waals surface area (Å²) in [6, 6.07) is 13.8. The van der Waals surface area contributed by atoms with E-state index in [-0.39, 0.29) is 17.9 Å². The molecule has 1 atom stereocenters. The van der Waals surface area contributed by atoms with Crippen LogP contribution in [0.2, 0.25) is 0 Å². The van der Waals surface area contributed by atoms with E-state index in [1.54, 1.807) is 35.1 Å². The molecule has 2 amide bonds. The van der Waals surface area contributed by atoms with Crippen molar-refractivity contribution in [2.75, 3.05) is 7.05 Å². The number of nitrogens with one attached hydrogen (secondary N) is 1. The van der Waals surface area contributed by atoms with Crippen molar-refractivity contribution in [2.45, 2.75) is 26.1 Å². The third-order valence-corrected chi connectivity index (χ3v) is 4.53. The van der Waals surface area contributed by atoms with Gasteiger partial charge in [-0.05, 0) is 35.7 Å². The van der Waals surface area contributed by atoms with E-state index in [0.717, 1.165) is 16.7 Å². The van der Waals surface area contributed by atoms with Gasteiger partial charge in [-0.3, -0.25) is 0 Å². The first-order valence-electron chi connectivity index (χ1n) is 8.69. The Morgan fingerprint density at radius 2 is 1.81 bits per heavy atom. The monoisotopic (exact) mass is 367 g/mol. The minimum atomic E-state index is -0.287. The molecule has 0 spiro atoms. The fraction of sp³-hybridized carbons (Fsp3) is 0.250. The molecule has 140 valence electrons. The van der Waals surface area contributed by atoms with E-state index in [1.165, 1.54) is 18.5 Å². The summed E-state index contributed by atoms with van der Waals surface area (Å²) in [7, 11) is 1.73. The summed E-state index contributed by atoms with van der Waals surface area (Å²) < 4.78 is 14.8. The highest BCUT2D eigenvalue weighted by atomic mass is 19.1. The van der Waals surface area contributed by atoms with Crippen LogP contribution in [-0.2, 0) is 13.1 Å². The molecule has 1 heterocycles. The van der Waals surface area contributed by atoms with Gasteiger partial charge in [0, 0.05) is 13.6 Å². The minimum Gasteiger partial charge on any atom is -0.334 e. The summed E-state index contributed by atoms with van der Waals surface area (Å²) in [6.07, 6.45) is 3.18. The van der Waals surface area contributed by atoms with Crippen LogP contribution >= 0.6 is 0 Å². The Kier molecular flexibility index (Phi) is 5.80. The summed E-state index contributed by atoms with van der Waals surface area (Å²) in [5.74, 6) is -0.287. The molecule has 3 aromatic rings. The first-order valence-corrected chi connectivity index (χ1v) is 8.69. The van der Waals surface area contributed by atoms with Gasteiger partial charge in [0.25, 0.3) is 0 Å². The van der Waals surface area contributed by atoms with Gasteiger partial charge in [0.2, 0.25) is 0 Å². The molecule has 6 nitrogen and oxygen atoms in total. The van der Waals surface area contributed by atoms with Gasteiger partial charge in [-0.2, -0.15) is 5.10 Å². The van der Waals surface area contributed by atoms with Gasteiger partial charge in [0.1, 0.15) is 18.5 Å². The van der Waals surface area contributed by atoms with E-state index >= 15 is 0 Å². The van der Waals surface area contributed by atoms with Crippen molar-refractivity contribution in [3.8, 4) is 0 Å². The van der Waals surface area contributed by atoms with Crippen molar-refractivity contribution in [3.05, 3.63) is 83.7 Å². The molecule has 1 unspecified atom stereocenters. The SMILES string of the molecule is CC(c1ccc(F)cc1)N(C)C(=O)NCc1ccc(Cn2cncn2)cc1. The Morgan fingerprint density at radius 3 is 2.44 bits per heavy atom. The van der Waals surface area contributed by atoms with Crippen LogP contribution < -0.4 is 5.32 Å². The fourth-order valence-corrected chi connectivity index (χ4v) is 2.71. The Hall–Kier alpha value is -3.22. The van der Waals surface area contributed by atoms with Gasteiger partial charge in [-0.1, -0.05) is 36.4 Å². The maximum Gasteiger partial charge on any atom is 0.317 e. The maximum atomic E-state index is 13.1. The number of amides is 2. The van der Waals surface area contributed by atoms with Crippen LogP contribution in [0.5, 0.6) is 0 Å². The Balaban J connectivity index is 1.52. The van der Waals surface area contributed by atoms with Crippen molar-refractivity contribution >= 4 is 6.03 Å². The molecule has 0 radical (unpaired) electrons. The van der Waals surface area contributed by atoms with E-state index in [9.17, 15) is 9.18 Å². The van der Waals surface area contributed by atoms with Crippen LogP contribution in [0.25, 0.3) is 0 Å². The zero-order valence-corrected chi connectivity index (χ0v) is 15.3. The van der Waals surface area contributed by atoms with E-state index in [0.29, 0.717) is 13.1 Å². The number of hydrogen-bond donors (Lipinski definition) is 1. The molecule has 0 fully saturated rings. The highest BCUT2D eigenvalue weighted by molar-refractivity contribution is 5.74. The average Bonchev–Trinajstić information content (AvgIpc) is 3.19. The predicted molar refractivity (Wildman–Crippen MR) is 100 cm³/mol. The Morgan fingerprint density at radius 1 is 1.15 bits per heavy atom.